The molecule has 0 aliphatic carbocycles. The lowest BCUT2D eigenvalue weighted by Gasteiger charge is -2.31. The van der Waals surface area contributed by atoms with Gasteiger partial charge < -0.3 is 15.7 Å². The fraction of sp³-hybridized carbons (Fsp3) is 0.857. The summed E-state index contributed by atoms with van der Waals surface area (Å²) in [7, 11) is 0. The molecule has 110 valence electrons. The molecule has 5 nitrogen and oxygen atoms in total. The van der Waals surface area contributed by atoms with Gasteiger partial charge >= 0.3 is 5.97 Å². The van der Waals surface area contributed by atoms with E-state index in [1.54, 1.807) is 4.90 Å². The Morgan fingerprint density at radius 3 is 2.47 bits per heavy atom. The Morgan fingerprint density at radius 1 is 1.42 bits per heavy atom. The van der Waals surface area contributed by atoms with Crippen molar-refractivity contribution in [1.82, 2.24) is 4.90 Å². The Bertz CT molecular complexity index is 353. The van der Waals surface area contributed by atoms with Crippen molar-refractivity contribution in [3.05, 3.63) is 0 Å². The molecule has 0 aromatic heterocycles. The van der Waals surface area contributed by atoms with Crippen molar-refractivity contribution in [2.24, 2.45) is 16.6 Å². The van der Waals surface area contributed by atoms with Crippen LogP contribution in [0.1, 0.15) is 46.5 Å². The second kappa shape index (κ2) is 5.90. The summed E-state index contributed by atoms with van der Waals surface area (Å²) in [5, 5.41) is 9.45. The lowest BCUT2D eigenvalue weighted by atomic mass is 9.82. The number of carboxylic acid groups (broad SMARTS) is 1. The van der Waals surface area contributed by atoms with E-state index in [2.05, 4.69) is 0 Å². The second-order valence-electron chi connectivity index (χ2n) is 5.93. The van der Waals surface area contributed by atoms with Crippen LogP contribution in [-0.2, 0) is 9.59 Å². The van der Waals surface area contributed by atoms with Gasteiger partial charge in [0.15, 0.2) is 0 Å². The Labute approximate surface area is 115 Å². The summed E-state index contributed by atoms with van der Waals surface area (Å²) < 4.78 is 0. The van der Waals surface area contributed by atoms with Crippen molar-refractivity contribution in [2.45, 2.75) is 46.5 Å². The van der Waals surface area contributed by atoms with E-state index >= 15 is 0 Å². The van der Waals surface area contributed by atoms with Gasteiger partial charge in [-0.2, -0.15) is 0 Å². The monoisotopic (exact) mass is 270 g/mol. The largest absolute Gasteiger partial charge is 0.481 e. The van der Waals surface area contributed by atoms with Crippen molar-refractivity contribution in [1.29, 1.82) is 0 Å². The molecule has 1 saturated heterocycles. The topological polar surface area (TPSA) is 83.6 Å². The number of aliphatic carboxylic acids is 1. The molecule has 1 amide bonds. The minimum atomic E-state index is -0.782. The predicted octanol–water partition coefficient (Wildman–Crippen LogP) is 1.46. The molecular formula is C14H26N2O3. The summed E-state index contributed by atoms with van der Waals surface area (Å²) in [4.78, 5) is 25.7. The van der Waals surface area contributed by atoms with E-state index in [1.165, 1.54) is 0 Å². The minimum Gasteiger partial charge on any atom is -0.481 e. The van der Waals surface area contributed by atoms with Crippen molar-refractivity contribution >= 4 is 11.9 Å². The van der Waals surface area contributed by atoms with Crippen LogP contribution >= 0.6 is 0 Å². The van der Waals surface area contributed by atoms with Crippen LogP contribution in [-0.4, -0.2) is 41.5 Å². The molecule has 1 rings (SSSR count). The molecule has 19 heavy (non-hydrogen) atoms. The highest BCUT2D eigenvalue weighted by atomic mass is 16.4. The van der Waals surface area contributed by atoms with Crippen LogP contribution in [0.5, 0.6) is 0 Å². The average molecular weight is 270 g/mol. The molecule has 1 aliphatic heterocycles. The fourth-order valence-corrected chi connectivity index (χ4v) is 2.77. The van der Waals surface area contributed by atoms with Gasteiger partial charge in [0.2, 0.25) is 5.91 Å². The van der Waals surface area contributed by atoms with Gasteiger partial charge in [0.25, 0.3) is 0 Å². The maximum atomic E-state index is 12.5. The highest BCUT2D eigenvalue weighted by Crippen LogP contribution is 2.37. The summed E-state index contributed by atoms with van der Waals surface area (Å²) in [6, 6.07) is 0. The molecule has 0 aromatic carbocycles. The molecule has 0 saturated carbocycles. The number of carboxylic acids is 1. The van der Waals surface area contributed by atoms with Crippen LogP contribution in [0.4, 0.5) is 0 Å². The van der Waals surface area contributed by atoms with Crippen molar-refractivity contribution in [3.8, 4) is 0 Å². The van der Waals surface area contributed by atoms with Crippen LogP contribution < -0.4 is 5.73 Å². The van der Waals surface area contributed by atoms with Gasteiger partial charge in [0, 0.05) is 19.6 Å². The molecule has 1 fully saturated rings. The van der Waals surface area contributed by atoms with Crippen molar-refractivity contribution in [3.63, 3.8) is 0 Å². The van der Waals surface area contributed by atoms with E-state index in [9.17, 15) is 14.7 Å². The predicted molar refractivity (Wildman–Crippen MR) is 73.6 cm³/mol. The number of likely N-dealkylation sites (tertiary alicyclic amines) is 1. The Balaban J connectivity index is 2.85. The molecule has 0 bridgehead atoms. The van der Waals surface area contributed by atoms with Crippen molar-refractivity contribution < 1.29 is 14.7 Å². The summed E-state index contributed by atoms with van der Waals surface area (Å²) in [5.41, 5.74) is 4.38. The van der Waals surface area contributed by atoms with Crippen LogP contribution in [0.25, 0.3) is 0 Å². The molecule has 2 unspecified atom stereocenters. The summed E-state index contributed by atoms with van der Waals surface area (Å²) >= 11 is 0. The van der Waals surface area contributed by atoms with Gasteiger partial charge in [-0.25, -0.2) is 0 Å². The number of hydrogen-bond acceptors (Lipinski definition) is 3. The minimum absolute atomic E-state index is 0.00303. The van der Waals surface area contributed by atoms with Gasteiger partial charge in [-0.15, -0.1) is 0 Å². The molecule has 1 heterocycles. The van der Waals surface area contributed by atoms with Gasteiger partial charge in [-0.05, 0) is 26.2 Å². The van der Waals surface area contributed by atoms with Gasteiger partial charge in [0.05, 0.1) is 10.8 Å². The number of amides is 1. The van der Waals surface area contributed by atoms with Crippen LogP contribution in [0.2, 0.25) is 0 Å². The maximum absolute atomic E-state index is 12.5. The first-order chi connectivity index (χ1) is 8.85. The highest BCUT2D eigenvalue weighted by Gasteiger charge is 2.47. The molecule has 0 spiro atoms. The fourth-order valence-electron chi connectivity index (χ4n) is 2.77. The van der Waals surface area contributed by atoms with E-state index < -0.39 is 16.8 Å². The first-order valence-corrected chi connectivity index (χ1v) is 7.08. The molecule has 0 aromatic rings. The van der Waals surface area contributed by atoms with E-state index in [4.69, 9.17) is 5.73 Å². The number of carbonyl (C=O) groups excluding carboxylic acids is 1. The standard InChI is InChI=1S/C14H26N2O3/c1-4-6-14(12(18)19)7-8-16(10-14)11(17)13(3,5-2)9-15/h4-10,15H2,1-3H3,(H,18,19). The first kappa shape index (κ1) is 16.0. The van der Waals surface area contributed by atoms with E-state index in [0.29, 0.717) is 38.9 Å². The number of nitrogens with two attached hydrogens (primary N) is 1. The molecule has 0 radical (unpaired) electrons. The summed E-state index contributed by atoms with van der Waals surface area (Å²) in [6.07, 6.45) is 2.66. The molecule has 1 aliphatic rings. The van der Waals surface area contributed by atoms with Gasteiger partial charge in [0.1, 0.15) is 0 Å². The number of hydrogen-bond donors (Lipinski definition) is 2. The molecule has 3 N–H and O–H groups in total. The van der Waals surface area contributed by atoms with E-state index in [0.717, 1.165) is 6.42 Å². The van der Waals surface area contributed by atoms with Gasteiger partial charge in [-0.1, -0.05) is 20.3 Å². The first-order valence-electron chi connectivity index (χ1n) is 7.08. The summed E-state index contributed by atoms with van der Waals surface area (Å²) in [5.74, 6) is -0.785. The number of rotatable bonds is 6. The smallest absolute Gasteiger partial charge is 0.311 e. The second-order valence-corrected chi connectivity index (χ2v) is 5.93. The zero-order chi connectivity index (χ0) is 14.7. The third kappa shape index (κ3) is 2.91. The van der Waals surface area contributed by atoms with E-state index in [1.807, 2.05) is 20.8 Å². The van der Waals surface area contributed by atoms with Gasteiger partial charge in [-0.3, -0.25) is 9.59 Å². The van der Waals surface area contributed by atoms with E-state index in [-0.39, 0.29) is 5.91 Å². The Morgan fingerprint density at radius 2 is 2.05 bits per heavy atom. The van der Waals surface area contributed by atoms with Crippen LogP contribution in [0, 0.1) is 10.8 Å². The van der Waals surface area contributed by atoms with Crippen LogP contribution in [0.15, 0.2) is 0 Å². The Kier molecular flexibility index (Phi) is 4.96. The summed E-state index contributed by atoms with van der Waals surface area (Å²) in [6.45, 7) is 6.93. The quantitative estimate of drug-likeness (QED) is 0.765. The lowest BCUT2D eigenvalue weighted by Crippen LogP contribution is -2.46. The lowest BCUT2D eigenvalue weighted by molar-refractivity contribution is -0.149. The third-order valence-corrected chi connectivity index (χ3v) is 4.57. The number of nitrogens with zero attached hydrogens (tertiary/aromatic N) is 1. The average Bonchev–Trinajstić information content (AvgIpc) is 2.83. The maximum Gasteiger partial charge on any atom is 0.311 e. The SMILES string of the molecule is CCCC1(C(=O)O)CCN(C(=O)C(C)(CC)CN)C1. The Hall–Kier alpha value is -1.10. The number of carbonyl (C=O) groups is 2. The zero-order valence-electron chi connectivity index (χ0n) is 12.2. The molecular weight excluding hydrogens is 244 g/mol. The zero-order valence-corrected chi connectivity index (χ0v) is 12.2. The molecule has 2 atom stereocenters. The molecule has 5 heteroatoms. The van der Waals surface area contributed by atoms with Crippen molar-refractivity contribution in [2.75, 3.05) is 19.6 Å². The highest BCUT2D eigenvalue weighted by molar-refractivity contribution is 5.84. The van der Waals surface area contributed by atoms with Crippen LogP contribution in [0.3, 0.4) is 0 Å². The normalized spacial score (nSPS) is 26.2. The third-order valence-electron chi connectivity index (χ3n) is 4.57.